The van der Waals surface area contributed by atoms with Gasteiger partial charge in [-0.05, 0) is 79.9 Å². The van der Waals surface area contributed by atoms with Crippen LogP contribution in [0.3, 0.4) is 0 Å². The summed E-state index contributed by atoms with van der Waals surface area (Å²) in [6, 6.07) is 48.1. The van der Waals surface area contributed by atoms with Gasteiger partial charge in [0.25, 0.3) is 0 Å². The summed E-state index contributed by atoms with van der Waals surface area (Å²) in [7, 11) is 0. The summed E-state index contributed by atoms with van der Waals surface area (Å²) in [6.07, 6.45) is 7.42. The molecule has 4 aromatic heterocycles. The predicted molar refractivity (Wildman–Crippen MR) is 188 cm³/mol. The molecule has 0 aliphatic heterocycles. The lowest BCUT2D eigenvalue weighted by molar-refractivity contribution is 1.33. The van der Waals surface area contributed by atoms with Gasteiger partial charge in [0.2, 0.25) is 0 Å². The Kier molecular flexibility index (Phi) is 6.91. The summed E-state index contributed by atoms with van der Waals surface area (Å²) in [6.45, 7) is 0. The lowest BCUT2D eigenvalue weighted by Gasteiger charge is -2.06. The smallest absolute Gasteiger partial charge is 0.0463 e. The molecule has 44 heavy (non-hydrogen) atoms. The SMILES string of the molecule is c1cncc(-c2ccc(-c3ccc(-c4cc5sc(-c6ccc(-c7ccc(-c8cccnc8)cc7)cc6)cc5s4)cc3)cc2)c1. The van der Waals surface area contributed by atoms with Crippen molar-refractivity contribution in [3.05, 3.63) is 158 Å². The van der Waals surface area contributed by atoms with Gasteiger partial charge in [-0.25, -0.2) is 0 Å². The molecule has 8 rings (SSSR count). The standard InChI is InChI=1S/C40H26N2S2/c1-3-35(25-41-21-1)31-9-5-27(6-10-31)29-13-17-33(18-14-29)37-23-39-40(43-37)24-38(44-39)34-19-15-30(16-20-34)28-7-11-32(12-8-28)36-4-2-22-42-26-36/h1-26H. The van der Waals surface area contributed by atoms with Crippen LogP contribution in [0.2, 0.25) is 0 Å². The Bertz CT molecular complexity index is 1970. The molecule has 0 saturated carbocycles. The molecule has 8 aromatic rings. The highest BCUT2D eigenvalue weighted by Gasteiger charge is 2.11. The van der Waals surface area contributed by atoms with E-state index in [4.69, 9.17) is 0 Å². The minimum Gasteiger partial charge on any atom is -0.264 e. The summed E-state index contributed by atoms with van der Waals surface area (Å²) in [5.41, 5.74) is 12.0. The Labute approximate surface area is 264 Å². The van der Waals surface area contributed by atoms with E-state index in [0.717, 1.165) is 11.1 Å². The maximum atomic E-state index is 4.24. The van der Waals surface area contributed by atoms with E-state index in [-0.39, 0.29) is 0 Å². The molecule has 2 nitrogen and oxygen atoms in total. The minimum atomic E-state index is 1.13. The van der Waals surface area contributed by atoms with E-state index < -0.39 is 0 Å². The Hall–Kier alpha value is -5.16. The van der Waals surface area contributed by atoms with E-state index in [1.807, 2.05) is 47.2 Å². The van der Waals surface area contributed by atoms with Gasteiger partial charge in [0.1, 0.15) is 0 Å². The van der Waals surface area contributed by atoms with Gasteiger partial charge in [0.05, 0.1) is 0 Å². The first-order chi connectivity index (χ1) is 21.8. The van der Waals surface area contributed by atoms with Crippen LogP contribution in [0, 0.1) is 0 Å². The van der Waals surface area contributed by atoms with Gasteiger partial charge >= 0.3 is 0 Å². The zero-order valence-corrected chi connectivity index (χ0v) is 25.4. The van der Waals surface area contributed by atoms with Crippen molar-refractivity contribution in [2.45, 2.75) is 0 Å². The minimum absolute atomic E-state index is 1.13. The molecular formula is C40H26N2S2. The maximum Gasteiger partial charge on any atom is 0.0463 e. The van der Waals surface area contributed by atoms with Crippen LogP contribution in [-0.4, -0.2) is 9.97 Å². The van der Waals surface area contributed by atoms with E-state index in [9.17, 15) is 0 Å². The fraction of sp³-hybridized carbons (Fsp3) is 0. The normalized spacial score (nSPS) is 11.2. The van der Waals surface area contributed by atoms with Gasteiger partial charge in [0, 0.05) is 43.9 Å². The predicted octanol–water partition coefficient (Wildman–Crippen LogP) is 11.8. The Morgan fingerprint density at radius 3 is 0.909 bits per heavy atom. The van der Waals surface area contributed by atoms with Crippen LogP contribution in [-0.2, 0) is 0 Å². The number of benzene rings is 4. The molecule has 0 bridgehead atoms. The summed E-state index contributed by atoms with van der Waals surface area (Å²) < 4.78 is 2.68. The summed E-state index contributed by atoms with van der Waals surface area (Å²) in [4.78, 5) is 11.1. The van der Waals surface area contributed by atoms with Crippen LogP contribution in [0.25, 0.3) is 74.8 Å². The fourth-order valence-electron chi connectivity index (χ4n) is 5.55. The molecule has 0 unspecified atom stereocenters. The number of thiophene rings is 2. The first-order valence-corrected chi connectivity index (χ1v) is 16.2. The van der Waals surface area contributed by atoms with E-state index in [1.54, 1.807) is 12.4 Å². The molecular weight excluding hydrogens is 573 g/mol. The van der Waals surface area contributed by atoms with Gasteiger partial charge in [-0.2, -0.15) is 0 Å². The van der Waals surface area contributed by atoms with Gasteiger partial charge in [-0.1, -0.05) is 109 Å². The van der Waals surface area contributed by atoms with Crippen molar-refractivity contribution < 1.29 is 0 Å². The number of pyridine rings is 2. The zero-order valence-electron chi connectivity index (χ0n) is 23.7. The van der Waals surface area contributed by atoms with Crippen molar-refractivity contribution in [2.75, 3.05) is 0 Å². The molecule has 0 amide bonds. The van der Waals surface area contributed by atoms with Crippen LogP contribution < -0.4 is 0 Å². The second-order valence-electron chi connectivity index (χ2n) is 10.7. The van der Waals surface area contributed by atoms with Crippen molar-refractivity contribution >= 4 is 32.1 Å². The summed E-state index contributed by atoms with van der Waals surface area (Å²) in [5.74, 6) is 0. The Balaban J connectivity index is 0.970. The molecule has 0 N–H and O–H groups in total. The number of rotatable bonds is 6. The highest BCUT2D eigenvalue weighted by Crippen LogP contribution is 2.42. The van der Waals surface area contributed by atoms with E-state index in [2.05, 4.69) is 131 Å². The van der Waals surface area contributed by atoms with Gasteiger partial charge in [0.15, 0.2) is 0 Å². The third-order valence-electron chi connectivity index (χ3n) is 7.97. The second kappa shape index (κ2) is 11.5. The molecule has 0 radical (unpaired) electrons. The monoisotopic (exact) mass is 598 g/mol. The third kappa shape index (κ3) is 5.26. The lowest BCUT2D eigenvalue weighted by atomic mass is 10.00. The Morgan fingerprint density at radius 2 is 0.614 bits per heavy atom. The van der Waals surface area contributed by atoms with Crippen LogP contribution in [0.1, 0.15) is 0 Å². The van der Waals surface area contributed by atoms with E-state index in [1.165, 1.54) is 63.7 Å². The molecule has 208 valence electrons. The number of fused-ring (bicyclic) bond motifs is 1. The van der Waals surface area contributed by atoms with Crippen molar-refractivity contribution in [1.82, 2.24) is 9.97 Å². The second-order valence-corrected chi connectivity index (χ2v) is 12.9. The maximum absolute atomic E-state index is 4.24. The number of nitrogens with zero attached hydrogens (tertiary/aromatic N) is 2. The fourth-order valence-corrected chi connectivity index (χ4v) is 7.96. The van der Waals surface area contributed by atoms with Crippen LogP contribution >= 0.6 is 22.7 Å². The van der Waals surface area contributed by atoms with Crippen molar-refractivity contribution in [1.29, 1.82) is 0 Å². The van der Waals surface area contributed by atoms with Crippen LogP contribution in [0.15, 0.2) is 158 Å². The van der Waals surface area contributed by atoms with E-state index in [0.29, 0.717) is 0 Å². The molecule has 0 aliphatic carbocycles. The highest BCUT2D eigenvalue weighted by molar-refractivity contribution is 7.31. The number of aromatic nitrogens is 2. The zero-order chi connectivity index (χ0) is 29.3. The molecule has 0 aliphatic rings. The third-order valence-corrected chi connectivity index (χ3v) is 10.4. The van der Waals surface area contributed by atoms with Gasteiger partial charge in [-0.3, -0.25) is 9.97 Å². The molecule has 0 saturated heterocycles. The van der Waals surface area contributed by atoms with E-state index >= 15 is 0 Å². The van der Waals surface area contributed by atoms with Crippen molar-refractivity contribution in [3.8, 4) is 65.4 Å². The highest BCUT2D eigenvalue weighted by atomic mass is 32.1. The average molecular weight is 599 g/mol. The average Bonchev–Trinajstić information content (AvgIpc) is 3.70. The largest absolute Gasteiger partial charge is 0.264 e. The quantitative estimate of drug-likeness (QED) is 0.190. The Morgan fingerprint density at radius 1 is 0.318 bits per heavy atom. The molecule has 0 atom stereocenters. The van der Waals surface area contributed by atoms with Crippen molar-refractivity contribution in [2.24, 2.45) is 0 Å². The lowest BCUT2D eigenvalue weighted by Crippen LogP contribution is -1.82. The first kappa shape index (κ1) is 26.5. The molecule has 0 fully saturated rings. The molecule has 4 heterocycles. The molecule has 4 heteroatoms. The number of hydrogen-bond donors (Lipinski definition) is 0. The van der Waals surface area contributed by atoms with Gasteiger partial charge < -0.3 is 0 Å². The topological polar surface area (TPSA) is 25.8 Å². The number of hydrogen-bond acceptors (Lipinski definition) is 4. The van der Waals surface area contributed by atoms with Crippen molar-refractivity contribution in [3.63, 3.8) is 0 Å². The first-order valence-electron chi connectivity index (χ1n) is 14.5. The molecule has 0 spiro atoms. The summed E-state index contributed by atoms with van der Waals surface area (Å²) >= 11 is 3.73. The van der Waals surface area contributed by atoms with Crippen LogP contribution in [0.5, 0.6) is 0 Å². The summed E-state index contributed by atoms with van der Waals surface area (Å²) in [5, 5.41) is 0. The van der Waals surface area contributed by atoms with Crippen LogP contribution in [0.4, 0.5) is 0 Å². The molecule has 4 aromatic carbocycles. The van der Waals surface area contributed by atoms with Gasteiger partial charge in [-0.15, -0.1) is 22.7 Å².